The first-order chi connectivity index (χ1) is 9.54. The van der Waals surface area contributed by atoms with E-state index in [1.807, 2.05) is 11.9 Å². The summed E-state index contributed by atoms with van der Waals surface area (Å²) in [5, 5.41) is 8.77. The van der Waals surface area contributed by atoms with Crippen LogP contribution in [0.2, 0.25) is 0 Å². The second-order valence-electron chi connectivity index (χ2n) is 5.19. The van der Waals surface area contributed by atoms with Crippen LogP contribution in [0.25, 0.3) is 0 Å². The van der Waals surface area contributed by atoms with Crippen LogP contribution in [0.15, 0.2) is 12.1 Å². The molecule has 0 saturated carbocycles. The molecule has 4 heteroatoms. The van der Waals surface area contributed by atoms with Crippen LogP contribution in [-0.4, -0.2) is 56.6 Å². The summed E-state index contributed by atoms with van der Waals surface area (Å²) in [5.74, 6) is 0.948. The summed E-state index contributed by atoms with van der Waals surface area (Å²) in [6.07, 6.45) is 0. The highest BCUT2D eigenvalue weighted by molar-refractivity contribution is 5.41. The van der Waals surface area contributed by atoms with Crippen LogP contribution in [0.1, 0.15) is 16.7 Å². The van der Waals surface area contributed by atoms with Crippen LogP contribution >= 0.6 is 0 Å². The summed E-state index contributed by atoms with van der Waals surface area (Å²) >= 11 is 0. The van der Waals surface area contributed by atoms with E-state index in [-0.39, 0.29) is 6.61 Å². The minimum atomic E-state index is 0.186. The molecule has 0 heterocycles. The zero-order chi connectivity index (χ0) is 15.0. The number of hydrogen-bond donors (Lipinski definition) is 1. The van der Waals surface area contributed by atoms with Crippen molar-refractivity contribution in [1.82, 2.24) is 4.90 Å². The lowest BCUT2D eigenvalue weighted by Crippen LogP contribution is -2.26. The monoisotopic (exact) mass is 281 g/mol. The molecule has 0 fully saturated rings. The van der Waals surface area contributed by atoms with Crippen molar-refractivity contribution in [3.63, 3.8) is 0 Å². The highest BCUT2D eigenvalue weighted by Gasteiger charge is 2.04. The molecule has 0 aliphatic heterocycles. The second-order valence-corrected chi connectivity index (χ2v) is 5.19. The lowest BCUT2D eigenvalue weighted by molar-refractivity contribution is 0.0811. The van der Waals surface area contributed by atoms with E-state index >= 15 is 0 Å². The summed E-state index contributed by atoms with van der Waals surface area (Å²) in [4.78, 5) is 2.04. The first kappa shape index (κ1) is 17.0. The summed E-state index contributed by atoms with van der Waals surface area (Å²) < 4.78 is 11.3. The van der Waals surface area contributed by atoms with Crippen molar-refractivity contribution in [3.8, 4) is 5.75 Å². The zero-order valence-corrected chi connectivity index (χ0v) is 13.1. The van der Waals surface area contributed by atoms with Crippen molar-refractivity contribution in [2.45, 2.75) is 20.8 Å². The van der Waals surface area contributed by atoms with Crippen molar-refractivity contribution in [1.29, 1.82) is 0 Å². The fourth-order valence-corrected chi connectivity index (χ4v) is 1.97. The van der Waals surface area contributed by atoms with Gasteiger partial charge in [-0.3, -0.25) is 0 Å². The van der Waals surface area contributed by atoms with Gasteiger partial charge in [0.15, 0.2) is 0 Å². The van der Waals surface area contributed by atoms with E-state index in [1.165, 1.54) is 16.7 Å². The maximum atomic E-state index is 8.77. The lowest BCUT2D eigenvalue weighted by Gasteiger charge is -2.15. The average molecular weight is 281 g/mol. The van der Waals surface area contributed by atoms with Crippen LogP contribution in [0.4, 0.5) is 0 Å². The van der Waals surface area contributed by atoms with Gasteiger partial charge in [0.05, 0.1) is 19.8 Å². The molecule has 1 aromatic carbocycles. The number of aryl methyl sites for hydroxylation is 2. The van der Waals surface area contributed by atoms with Gasteiger partial charge in [-0.2, -0.15) is 0 Å². The molecule has 0 amide bonds. The van der Waals surface area contributed by atoms with E-state index in [0.717, 1.165) is 12.3 Å². The van der Waals surface area contributed by atoms with E-state index < -0.39 is 0 Å². The van der Waals surface area contributed by atoms with E-state index in [0.29, 0.717) is 26.4 Å². The Morgan fingerprint density at radius 3 is 2.50 bits per heavy atom. The zero-order valence-electron chi connectivity index (χ0n) is 13.1. The van der Waals surface area contributed by atoms with Gasteiger partial charge in [0.25, 0.3) is 0 Å². The maximum Gasteiger partial charge on any atom is 0.122 e. The van der Waals surface area contributed by atoms with Crippen molar-refractivity contribution in [3.05, 3.63) is 28.8 Å². The third-order valence-corrected chi connectivity index (χ3v) is 3.35. The minimum absolute atomic E-state index is 0.186. The smallest absolute Gasteiger partial charge is 0.122 e. The number of hydrogen-bond acceptors (Lipinski definition) is 4. The molecule has 0 aliphatic rings. The van der Waals surface area contributed by atoms with E-state index in [4.69, 9.17) is 14.6 Å². The predicted octanol–water partition coefficient (Wildman–Crippen LogP) is 1.93. The van der Waals surface area contributed by atoms with Crippen LogP contribution in [0.5, 0.6) is 5.75 Å². The Kier molecular flexibility index (Phi) is 7.59. The molecule has 4 nitrogen and oxygen atoms in total. The Hall–Kier alpha value is -1.10. The third kappa shape index (κ3) is 5.90. The number of likely N-dealkylation sites (N-methyl/N-ethyl adjacent to an activating group) is 1. The van der Waals surface area contributed by atoms with Crippen LogP contribution < -0.4 is 4.74 Å². The molecule has 0 bridgehead atoms. The fraction of sp³-hybridized carbons (Fsp3) is 0.625. The predicted molar refractivity (Wildman–Crippen MR) is 81.5 cm³/mol. The van der Waals surface area contributed by atoms with E-state index in [2.05, 4.69) is 32.9 Å². The highest BCUT2D eigenvalue weighted by atomic mass is 16.5. The number of nitrogens with zero attached hydrogens (tertiary/aromatic N) is 1. The standard InChI is InChI=1S/C16H27NO3/c1-13-11-14(2)15(3)16(12-13)20-10-9-19-8-6-17(4)5-7-18/h11-12,18H,5-10H2,1-4H3. The molecule has 0 saturated heterocycles. The quantitative estimate of drug-likeness (QED) is 0.702. The van der Waals surface area contributed by atoms with E-state index in [1.54, 1.807) is 0 Å². The molecule has 1 N–H and O–H groups in total. The topological polar surface area (TPSA) is 41.9 Å². The summed E-state index contributed by atoms with van der Waals surface area (Å²) in [6, 6.07) is 4.23. The van der Waals surface area contributed by atoms with Gasteiger partial charge in [0.1, 0.15) is 12.4 Å². The van der Waals surface area contributed by atoms with Gasteiger partial charge in [-0.05, 0) is 50.6 Å². The van der Waals surface area contributed by atoms with Gasteiger partial charge in [-0.15, -0.1) is 0 Å². The Morgan fingerprint density at radius 2 is 1.80 bits per heavy atom. The number of benzene rings is 1. The Bertz CT molecular complexity index is 407. The summed E-state index contributed by atoms with van der Waals surface area (Å²) in [7, 11) is 1.97. The van der Waals surface area contributed by atoms with E-state index in [9.17, 15) is 0 Å². The largest absolute Gasteiger partial charge is 0.491 e. The number of ether oxygens (including phenoxy) is 2. The number of aliphatic hydroxyl groups is 1. The van der Waals surface area contributed by atoms with Crippen LogP contribution in [0.3, 0.4) is 0 Å². The first-order valence-electron chi connectivity index (χ1n) is 7.12. The molecule has 0 spiro atoms. The van der Waals surface area contributed by atoms with Crippen molar-refractivity contribution < 1.29 is 14.6 Å². The molecule has 0 radical (unpaired) electrons. The third-order valence-electron chi connectivity index (χ3n) is 3.35. The highest BCUT2D eigenvalue weighted by Crippen LogP contribution is 2.23. The number of aliphatic hydroxyl groups excluding tert-OH is 1. The van der Waals surface area contributed by atoms with Gasteiger partial charge in [0, 0.05) is 13.1 Å². The van der Waals surface area contributed by atoms with Gasteiger partial charge >= 0.3 is 0 Å². The Morgan fingerprint density at radius 1 is 1.05 bits per heavy atom. The molecule has 1 aromatic rings. The maximum absolute atomic E-state index is 8.77. The molecule has 1 rings (SSSR count). The summed E-state index contributed by atoms with van der Waals surface area (Å²) in [5.41, 5.74) is 3.67. The van der Waals surface area contributed by atoms with Gasteiger partial charge in [-0.25, -0.2) is 0 Å². The van der Waals surface area contributed by atoms with Gasteiger partial charge in [-0.1, -0.05) is 6.07 Å². The first-order valence-corrected chi connectivity index (χ1v) is 7.12. The normalized spacial score (nSPS) is 11.1. The molecule has 114 valence electrons. The molecule has 0 aliphatic carbocycles. The van der Waals surface area contributed by atoms with Gasteiger partial charge < -0.3 is 19.5 Å². The molecular weight excluding hydrogens is 254 g/mol. The van der Waals surface area contributed by atoms with Crippen molar-refractivity contribution in [2.75, 3.05) is 46.6 Å². The van der Waals surface area contributed by atoms with Crippen LogP contribution in [0, 0.1) is 20.8 Å². The fourth-order valence-electron chi connectivity index (χ4n) is 1.97. The van der Waals surface area contributed by atoms with Crippen LogP contribution in [-0.2, 0) is 4.74 Å². The van der Waals surface area contributed by atoms with Crippen molar-refractivity contribution >= 4 is 0 Å². The summed E-state index contributed by atoms with van der Waals surface area (Å²) in [6.45, 7) is 9.75. The Balaban J connectivity index is 2.22. The molecule has 0 atom stereocenters. The average Bonchev–Trinajstić information content (AvgIpc) is 2.39. The van der Waals surface area contributed by atoms with Crippen molar-refractivity contribution in [2.24, 2.45) is 0 Å². The van der Waals surface area contributed by atoms with Gasteiger partial charge in [0.2, 0.25) is 0 Å². The molecule has 20 heavy (non-hydrogen) atoms. The SMILES string of the molecule is Cc1cc(C)c(C)c(OCCOCCN(C)CCO)c1. The molecular formula is C16H27NO3. The molecule has 0 unspecified atom stereocenters. The molecule has 0 aromatic heterocycles. The number of rotatable bonds is 9. The second kappa shape index (κ2) is 8.95. The minimum Gasteiger partial charge on any atom is -0.491 e. The Labute approximate surface area is 122 Å². The lowest BCUT2D eigenvalue weighted by atomic mass is 10.1.